The van der Waals surface area contributed by atoms with Gasteiger partial charge in [0, 0.05) is 0 Å². The summed E-state index contributed by atoms with van der Waals surface area (Å²) in [6.07, 6.45) is 5.66. The Labute approximate surface area is 131 Å². The van der Waals surface area contributed by atoms with Crippen molar-refractivity contribution in [3.05, 3.63) is 28.8 Å². The number of rotatable bonds is 7. The van der Waals surface area contributed by atoms with Crippen LogP contribution >= 0.6 is 11.8 Å². The number of hydrogen-bond donors (Lipinski definition) is 2. The van der Waals surface area contributed by atoms with E-state index in [-0.39, 0.29) is 11.2 Å². The first-order valence-electron chi connectivity index (χ1n) is 7.88. The van der Waals surface area contributed by atoms with Crippen molar-refractivity contribution in [2.75, 3.05) is 5.88 Å². The molecule has 0 radical (unpaired) electrons. The summed E-state index contributed by atoms with van der Waals surface area (Å²) in [7, 11) is 0. The van der Waals surface area contributed by atoms with E-state index in [1.54, 1.807) is 11.8 Å². The van der Waals surface area contributed by atoms with Crippen LogP contribution in [0.2, 0.25) is 0 Å². The summed E-state index contributed by atoms with van der Waals surface area (Å²) in [6.45, 7) is 4.26. The van der Waals surface area contributed by atoms with Gasteiger partial charge in [-0.15, -0.1) is 11.8 Å². The van der Waals surface area contributed by atoms with Gasteiger partial charge in [0.15, 0.2) is 0 Å². The lowest BCUT2D eigenvalue weighted by Crippen LogP contribution is -2.22. The maximum Gasteiger partial charge on any atom is 0.233 e. The summed E-state index contributed by atoms with van der Waals surface area (Å²) in [5, 5.41) is 13.3. The fraction of sp³-hybridized carbons (Fsp3) is 0.588. The predicted molar refractivity (Wildman–Crippen MR) is 88.8 cm³/mol. The Morgan fingerprint density at radius 1 is 1.19 bits per heavy atom. The smallest absolute Gasteiger partial charge is 0.233 e. The number of thioether (sulfide) groups is 1. The SMILES string of the molecule is CCCc1cc(CCC2SCNC2=O)cc(CCC)c1O. The molecule has 1 fully saturated rings. The van der Waals surface area contributed by atoms with Crippen LogP contribution in [0.4, 0.5) is 0 Å². The van der Waals surface area contributed by atoms with Crippen molar-refractivity contribution in [3.63, 3.8) is 0 Å². The first kappa shape index (κ1) is 16.2. The molecular weight excluding hydrogens is 282 g/mol. The van der Waals surface area contributed by atoms with Gasteiger partial charge in [0.05, 0.1) is 11.1 Å². The van der Waals surface area contributed by atoms with E-state index in [0.29, 0.717) is 5.75 Å². The third-order valence-electron chi connectivity index (χ3n) is 3.88. The molecule has 1 amide bonds. The maximum absolute atomic E-state index is 11.6. The molecule has 1 aromatic carbocycles. The number of phenols is 1. The molecule has 0 aliphatic carbocycles. The quantitative estimate of drug-likeness (QED) is 0.811. The van der Waals surface area contributed by atoms with E-state index >= 15 is 0 Å². The molecule has 3 nitrogen and oxygen atoms in total. The van der Waals surface area contributed by atoms with E-state index < -0.39 is 0 Å². The average Bonchev–Trinajstić information content (AvgIpc) is 2.87. The van der Waals surface area contributed by atoms with Gasteiger partial charge in [-0.1, -0.05) is 38.8 Å². The molecule has 1 aliphatic rings. The second-order valence-corrected chi connectivity index (χ2v) is 6.83. The highest BCUT2D eigenvalue weighted by atomic mass is 32.2. The number of carbonyl (C=O) groups is 1. The highest BCUT2D eigenvalue weighted by Crippen LogP contribution is 2.29. The number of nitrogens with one attached hydrogen (secondary N) is 1. The van der Waals surface area contributed by atoms with Crippen molar-refractivity contribution in [3.8, 4) is 5.75 Å². The monoisotopic (exact) mass is 307 g/mol. The molecule has 21 heavy (non-hydrogen) atoms. The molecule has 0 aromatic heterocycles. The summed E-state index contributed by atoms with van der Waals surface area (Å²) < 4.78 is 0. The molecule has 2 rings (SSSR count). The van der Waals surface area contributed by atoms with Crippen LogP contribution in [0.25, 0.3) is 0 Å². The second-order valence-electron chi connectivity index (χ2n) is 5.64. The van der Waals surface area contributed by atoms with Gasteiger partial charge in [0.1, 0.15) is 5.75 Å². The Morgan fingerprint density at radius 3 is 2.29 bits per heavy atom. The van der Waals surface area contributed by atoms with Gasteiger partial charge in [0.25, 0.3) is 0 Å². The molecule has 0 bridgehead atoms. The summed E-state index contributed by atoms with van der Waals surface area (Å²) in [4.78, 5) is 11.6. The lowest BCUT2D eigenvalue weighted by molar-refractivity contribution is -0.119. The molecule has 1 saturated heterocycles. The van der Waals surface area contributed by atoms with E-state index in [2.05, 4.69) is 31.3 Å². The summed E-state index contributed by atoms with van der Waals surface area (Å²) in [6, 6.07) is 4.24. The number of hydrogen-bond acceptors (Lipinski definition) is 3. The molecule has 1 unspecified atom stereocenters. The van der Waals surface area contributed by atoms with Gasteiger partial charge in [-0.25, -0.2) is 0 Å². The number of carbonyl (C=O) groups excluding carboxylic acids is 1. The number of benzene rings is 1. The molecular formula is C17H25NO2S. The first-order chi connectivity index (χ1) is 10.2. The minimum absolute atomic E-state index is 0.0862. The zero-order valence-corrected chi connectivity index (χ0v) is 13.8. The Kier molecular flexibility index (Phi) is 5.97. The minimum atomic E-state index is 0.0862. The zero-order chi connectivity index (χ0) is 15.2. The lowest BCUT2D eigenvalue weighted by atomic mass is 9.96. The van der Waals surface area contributed by atoms with Crippen molar-refractivity contribution in [2.24, 2.45) is 0 Å². The van der Waals surface area contributed by atoms with Crippen molar-refractivity contribution in [2.45, 2.75) is 57.6 Å². The van der Waals surface area contributed by atoms with Crippen molar-refractivity contribution >= 4 is 17.7 Å². The van der Waals surface area contributed by atoms with Gasteiger partial charge < -0.3 is 10.4 Å². The first-order valence-corrected chi connectivity index (χ1v) is 8.93. The minimum Gasteiger partial charge on any atom is -0.507 e. The largest absolute Gasteiger partial charge is 0.507 e. The van der Waals surface area contributed by atoms with Gasteiger partial charge >= 0.3 is 0 Å². The van der Waals surface area contributed by atoms with Crippen LogP contribution in [-0.2, 0) is 24.1 Å². The molecule has 2 N–H and O–H groups in total. The number of phenolic OH excluding ortho intramolecular Hbond substituents is 1. The topological polar surface area (TPSA) is 49.3 Å². The fourth-order valence-corrected chi connectivity index (χ4v) is 3.76. The van der Waals surface area contributed by atoms with Crippen LogP contribution in [0.1, 0.15) is 49.8 Å². The molecule has 0 saturated carbocycles. The summed E-state index contributed by atoms with van der Waals surface area (Å²) >= 11 is 1.69. The van der Waals surface area contributed by atoms with E-state index in [0.717, 1.165) is 55.5 Å². The molecule has 0 spiro atoms. The lowest BCUT2D eigenvalue weighted by Gasteiger charge is -2.13. The Bertz CT molecular complexity index is 475. The normalized spacial score (nSPS) is 18.0. The molecule has 1 aliphatic heterocycles. The van der Waals surface area contributed by atoms with Crippen molar-refractivity contribution in [1.29, 1.82) is 0 Å². The molecule has 1 atom stereocenters. The maximum atomic E-state index is 11.6. The van der Waals surface area contributed by atoms with Crippen LogP contribution in [-0.4, -0.2) is 22.1 Å². The van der Waals surface area contributed by atoms with Crippen LogP contribution < -0.4 is 5.32 Å². The molecule has 1 heterocycles. The van der Waals surface area contributed by atoms with E-state index in [4.69, 9.17) is 0 Å². The number of amides is 1. The highest BCUT2D eigenvalue weighted by Gasteiger charge is 2.24. The van der Waals surface area contributed by atoms with Crippen LogP contribution in [0.5, 0.6) is 5.75 Å². The Hall–Kier alpha value is -1.16. The molecule has 116 valence electrons. The predicted octanol–water partition coefficient (Wildman–Crippen LogP) is 3.42. The fourth-order valence-electron chi connectivity index (χ4n) is 2.81. The van der Waals surface area contributed by atoms with Gasteiger partial charge in [-0.3, -0.25) is 4.79 Å². The van der Waals surface area contributed by atoms with E-state index in [1.165, 1.54) is 5.56 Å². The van der Waals surface area contributed by atoms with E-state index in [1.807, 2.05) is 0 Å². The average molecular weight is 307 g/mol. The van der Waals surface area contributed by atoms with E-state index in [9.17, 15) is 9.90 Å². The second kappa shape index (κ2) is 7.74. The van der Waals surface area contributed by atoms with Gasteiger partial charge in [-0.2, -0.15) is 0 Å². The Balaban J connectivity index is 2.11. The van der Waals surface area contributed by atoms with Gasteiger partial charge in [0.2, 0.25) is 5.91 Å². The number of aromatic hydroxyl groups is 1. The standard InChI is InChI=1S/C17H25NO2S/c1-3-5-13-9-12(10-14(6-4-2)16(13)19)7-8-15-17(20)18-11-21-15/h9-10,15,19H,3-8,11H2,1-2H3,(H,18,20). The highest BCUT2D eigenvalue weighted by molar-refractivity contribution is 8.01. The van der Waals surface area contributed by atoms with Crippen LogP contribution in [0, 0.1) is 0 Å². The van der Waals surface area contributed by atoms with Crippen molar-refractivity contribution < 1.29 is 9.90 Å². The van der Waals surface area contributed by atoms with Crippen LogP contribution in [0.15, 0.2) is 12.1 Å². The molecule has 1 aromatic rings. The van der Waals surface area contributed by atoms with Crippen LogP contribution in [0.3, 0.4) is 0 Å². The summed E-state index contributed by atoms with van der Waals surface area (Å²) in [5.41, 5.74) is 3.36. The van der Waals surface area contributed by atoms with Gasteiger partial charge in [-0.05, 0) is 42.4 Å². The van der Waals surface area contributed by atoms with Crippen molar-refractivity contribution in [1.82, 2.24) is 5.32 Å². The zero-order valence-electron chi connectivity index (χ0n) is 12.9. The summed E-state index contributed by atoms with van der Waals surface area (Å²) in [5.74, 6) is 1.39. The molecule has 4 heteroatoms. The Morgan fingerprint density at radius 2 is 1.81 bits per heavy atom. The number of aryl methyl sites for hydroxylation is 3. The third-order valence-corrected chi connectivity index (χ3v) is 5.05. The third kappa shape index (κ3) is 4.16.